The number of halogens is 1. The van der Waals surface area contributed by atoms with Gasteiger partial charge >= 0.3 is 5.97 Å². The van der Waals surface area contributed by atoms with Crippen molar-refractivity contribution in [1.29, 1.82) is 0 Å². The average molecular weight is 296 g/mol. The molecule has 5 nitrogen and oxygen atoms in total. The van der Waals surface area contributed by atoms with Gasteiger partial charge in [0, 0.05) is 11.4 Å². The van der Waals surface area contributed by atoms with E-state index in [0.29, 0.717) is 23.7 Å². The van der Waals surface area contributed by atoms with E-state index in [2.05, 4.69) is 4.98 Å². The molecule has 0 saturated heterocycles. The zero-order valence-corrected chi connectivity index (χ0v) is 11.7. The summed E-state index contributed by atoms with van der Waals surface area (Å²) < 4.78 is 10.7. The van der Waals surface area contributed by atoms with Crippen LogP contribution in [0.1, 0.15) is 22.7 Å². The molecule has 106 valence electrons. The topological polar surface area (TPSA) is 72.6 Å². The third-order valence-electron chi connectivity index (χ3n) is 2.64. The van der Waals surface area contributed by atoms with Gasteiger partial charge in [0.25, 0.3) is 0 Å². The van der Waals surface area contributed by atoms with Crippen LogP contribution in [0.4, 0.5) is 0 Å². The average Bonchev–Trinajstić information content (AvgIpc) is 2.82. The van der Waals surface area contributed by atoms with E-state index in [1.807, 2.05) is 0 Å². The lowest BCUT2D eigenvalue weighted by Gasteiger charge is -2.04. The van der Waals surface area contributed by atoms with E-state index >= 15 is 0 Å². The first-order valence-electron chi connectivity index (χ1n) is 6.11. The highest BCUT2D eigenvalue weighted by Gasteiger charge is 2.17. The van der Waals surface area contributed by atoms with Crippen molar-refractivity contribution in [3.05, 3.63) is 35.7 Å². The quantitative estimate of drug-likeness (QED) is 0.653. The van der Waals surface area contributed by atoms with Gasteiger partial charge in [0.1, 0.15) is 5.75 Å². The summed E-state index contributed by atoms with van der Waals surface area (Å²) >= 11 is 5.57. The van der Waals surface area contributed by atoms with Gasteiger partial charge < -0.3 is 14.3 Å². The summed E-state index contributed by atoms with van der Waals surface area (Å²) in [7, 11) is 0. The van der Waals surface area contributed by atoms with Crippen molar-refractivity contribution in [3.63, 3.8) is 0 Å². The van der Waals surface area contributed by atoms with Crippen molar-refractivity contribution in [2.45, 2.75) is 13.3 Å². The molecule has 0 aliphatic heterocycles. The van der Waals surface area contributed by atoms with Gasteiger partial charge in [-0.05, 0) is 37.6 Å². The van der Waals surface area contributed by atoms with Crippen molar-refractivity contribution in [2.75, 3.05) is 12.5 Å². The first-order chi connectivity index (χ1) is 9.61. The number of aromatic carboxylic acids is 1. The Kier molecular flexibility index (Phi) is 4.63. The molecule has 0 saturated carbocycles. The third-order valence-corrected chi connectivity index (χ3v) is 2.91. The SMILES string of the molecule is Cc1nc(-c2ccc(OCCCCl)cc2)oc1C(=O)O. The number of oxazole rings is 1. The Bertz CT molecular complexity index is 592. The molecule has 1 N–H and O–H groups in total. The molecular weight excluding hydrogens is 282 g/mol. The van der Waals surface area contributed by atoms with Crippen molar-refractivity contribution in [1.82, 2.24) is 4.98 Å². The van der Waals surface area contributed by atoms with Crippen molar-refractivity contribution in [2.24, 2.45) is 0 Å². The summed E-state index contributed by atoms with van der Waals surface area (Å²) in [6.45, 7) is 2.16. The van der Waals surface area contributed by atoms with Crippen LogP contribution >= 0.6 is 11.6 Å². The smallest absolute Gasteiger partial charge is 0.373 e. The number of nitrogens with zero attached hydrogens (tertiary/aromatic N) is 1. The number of hydrogen-bond acceptors (Lipinski definition) is 4. The van der Waals surface area contributed by atoms with Gasteiger partial charge in [-0.15, -0.1) is 11.6 Å². The minimum absolute atomic E-state index is 0.137. The molecule has 0 amide bonds. The fourth-order valence-corrected chi connectivity index (χ4v) is 1.77. The molecule has 0 aliphatic carbocycles. The minimum atomic E-state index is -1.12. The number of rotatable bonds is 6. The van der Waals surface area contributed by atoms with Gasteiger partial charge in [-0.25, -0.2) is 9.78 Å². The number of aromatic nitrogens is 1. The molecule has 0 atom stereocenters. The van der Waals surface area contributed by atoms with Crippen LogP contribution in [0.5, 0.6) is 5.75 Å². The largest absolute Gasteiger partial charge is 0.494 e. The highest BCUT2D eigenvalue weighted by Crippen LogP contribution is 2.24. The lowest BCUT2D eigenvalue weighted by molar-refractivity contribution is 0.0662. The maximum absolute atomic E-state index is 10.9. The predicted octanol–water partition coefficient (Wildman–Crippen LogP) is 3.36. The van der Waals surface area contributed by atoms with Crippen LogP contribution in [0, 0.1) is 6.92 Å². The van der Waals surface area contributed by atoms with Crippen LogP contribution < -0.4 is 4.74 Å². The van der Waals surface area contributed by atoms with Crippen LogP contribution in [-0.2, 0) is 0 Å². The van der Waals surface area contributed by atoms with Crippen molar-refractivity contribution < 1.29 is 19.1 Å². The summed E-state index contributed by atoms with van der Waals surface area (Å²) in [5, 5.41) is 8.93. The fourth-order valence-electron chi connectivity index (χ4n) is 1.66. The molecule has 20 heavy (non-hydrogen) atoms. The number of aryl methyl sites for hydroxylation is 1. The maximum Gasteiger partial charge on any atom is 0.373 e. The monoisotopic (exact) mass is 295 g/mol. The van der Waals surface area contributed by atoms with Crippen LogP contribution in [0.2, 0.25) is 0 Å². The molecule has 6 heteroatoms. The zero-order chi connectivity index (χ0) is 14.5. The summed E-state index contributed by atoms with van der Waals surface area (Å²) in [6, 6.07) is 7.10. The van der Waals surface area contributed by atoms with Gasteiger partial charge in [-0.2, -0.15) is 0 Å². The molecule has 1 aromatic heterocycles. The van der Waals surface area contributed by atoms with Crippen LogP contribution in [-0.4, -0.2) is 28.5 Å². The molecule has 2 rings (SSSR count). The van der Waals surface area contributed by atoms with E-state index in [-0.39, 0.29) is 11.7 Å². The predicted molar refractivity (Wildman–Crippen MR) is 74.5 cm³/mol. The van der Waals surface area contributed by atoms with E-state index in [0.717, 1.165) is 12.2 Å². The lowest BCUT2D eigenvalue weighted by atomic mass is 10.2. The van der Waals surface area contributed by atoms with Crippen LogP contribution in [0.15, 0.2) is 28.7 Å². The second kappa shape index (κ2) is 6.43. The van der Waals surface area contributed by atoms with Gasteiger partial charge in [-0.3, -0.25) is 0 Å². The molecule has 1 heterocycles. The highest BCUT2D eigenvalue weighted by atomic mass is 35.5. The molecule has 0 fully saturated rings. The van der Waals surface area contributed by atoms with E-state index < -0.39 is 5.97 Å². The summed E-state index contributed by atoms with van der Waals surface area (Å²) in [4.78, 5) is 15.0. The number of carboxylic acids is 1. The maximum atomic E-state index is 10.9. The minimum Gasteiger partial charge on any atom is -0.494 e. The summed E-state index contributed by atoms with van der Waals surface area (Å²) in [6.07, 6.45) is 0.782. The van der Waals surface area contributed by atoms with E-state index in [9.17, 15) is 4.79 Å². The second-order valence-electron chi connectivity index (χ2n) is 4.15. The standard InChI is InChI=1S/C14H14ClNO4/c1-9-12(14(17)18)20-13(16-9)10-3-5-11(6-4-10)19-8-2-7-15/h3-6H,2,7-8H2,1H3,(H,17,18). The van der Waals surface area contributed by atoms with Crippen molar-refractivity contribution >= 4 is 17.6 Å². The van der Waals surface area contributed by atoms with Gasteiger partial charge in [0.2, 0.25) is 11.7 Å². The number of hydrogen-bond donors (Lipinski definition) is 1. The van der Waals surface area contributed by atoms with E-state index in [1.54, 1.807) is 31.2 Å². The molecular formula is C14H14ClNO4. The van der Waals surface area contributed by atoms with Gasteiger partial charge in [0.05, 0.1) is 12.3 Å². The number of carboxylic acid groups (broad SMARTS) is 1. The number of ether oxygens (including phenoxy) is 1. The second-order valence-corrected chi connectivity index (χ2v) is 4.53. The van der Waals surface area contributed by atoms with Crippen molar-refractivity contribution in [3.8, 4) is 17.2 Å². The third kappa shape index (κ3) is 3.30. The zero-order valence-electron chi connectivity index (χ0n) is 10.9. The Balaban J connectivity index is 2.13. The Labute approximate surface area is 121 Å². The molecule has 2 aromatic rings. The molecule has 0 aliphatic rings. The molecule has 0 bridgehead atoms. The fraction of sp³-hybridized carbons (Fsp3) is 0.286. The molecule has 0 unspecified atom stereocenters. The molecule has 0 spiro atoms. The first kappa shape index (κ1) is 14.4. The summed E-state index contributed by atoms with van der Waals surface area (Å²) in [5.41, 5.74) is 1.06. The van der Waals surface area contributed by atoms with Gasteiger partial charge in [-0.1, -0.05) is 0 Å². The van der Waals surface area contributed by atoms with Gasteiger partial charge in [0.15, 0.2) is 0 Å². The first-order valence-corrected chi connectivity index (χ1v) is 6.65. The van der Waals surface area contributed by atoms with E-state index in [4.69, 9.17) is 25.9 Å². The highest BCUT2D eigenvalue weighted by molar-refractivity contribution is 6.17. The number of alkyl halides is 1. The normalized spacial score (nSPS) is 10.5. The Morgan fingerprint density at radius 1 is 1.40 bits per heavy atom. The summed E-state index contributed by atoms with van der Waals surface area (Å²) in [5.74, 6) is 0.309. The number of benzene rings is 1. The molecule has 1 aromatic carbocycles. The Hall–Kier alpha value is -2.01. The molecule has 0 radical (unpaired) electrons. The Morgan fingerprint density at radius 3 is 2.65 bits per heavy atom. The van der Waals surface area contributed by atoms with E-state index in [1.165, 1.54) is 0 Å². The lowest BCUT2D eigenvalue weighted by Crippen LogP contribution is -1.97. The van der Waals surface area contributed by atoms with Crippen LogP contribution in [0.25, 0.3) is 11.5 Å². The Morgan fingerprint density at radius 2 is 2.10 bits per heavy atom. The van der Waals surface area contributed by atoms with Crippen LogP contribution in [0.3, 0.4) is 0 Å². The number of carbonyl (C=O) groups is 1.